The molecule has 82 valence electrons. The quantitative estimate of drug-likeness (QED) is 0.515. The first-order chi connectivity index (χ1) is 6.99. The molecule has 0 amide bonds. The maximum atomic E-state index is 9.53. The summed E-state index contributed by atoms with van der Waals surface area (Å²) in [6, 6.07) is 4.86. The Morgan fingerprint density at radius 3 is 2.33 bits per heavy atom. The van der Waals surface area contributed by atoms with Crippen molar-refractivity contribution in [1.29, 1.82) is 0 Å². The number of carboxylic acid groups (broad SMARTS) is 1. The predicted molar refractivity (Wildman–Crippen MR) is 57.0 cm³/mol. The number of carboxylic acids is 1. The Morgan fingerprint density at radius 1 is 1.47 bits per heavy atom. The fourth-order valence-corrected chi connectivity index (χ4v) is 0.767. The Labute approximate surface area is 88.1 Å². The first-order valence-electron chi connectivity index (χ1n) is 4.29. The van der Waals surface area contributed by atoms with Crippen LogP contribution in [0.4, 0.5) is 0 Å². The Morgan fingerprint density at radius 2 is 2.07 bits per heavy atom. The molecule has 3 N–H and O–H groups in total. The van der Waals surface area contributed by atoms with Gasteiger partial charge in [-0.1, -0.05) is 18.2 Å². The molecule has 0 fully saturated rings. The first kappa shape index (κ1) is 13.0. The highest BCUT2D eigenvalue weighted by molar-refractivity contribution is 5.68. The number of hydrogen-bond acceptors (Lipinski definition) is 3. The number of para-hydroxylation sites is 1. The van der Waals surface area contributed by atoms with Gasteiger partial charge in [0.05, 0.1) is 6.42 Å². The molecule has 0 atom stereocenters. The van der Waals surface area contributed by atoms with Gasteiger partial charge in [0, 0.05) is 0 Å². The number of benzene rings is 1. The van der Waals surface area contributed by atoms with E-state index in [1.165, 1.54) is 12.1 Å². The van der Waals surface area contributed by atoms with Crippen LogP contribution in [0.15, 0.2) is 30.9 Å². The van der Waals surface area contributed by atoms with E-state index in [1.54, 1.807) is 19.1 Å². The topological polar surface area (TPSA) is 77.8 Å². The molecule has 0 radical (unpaired) electrons. The van der Waals surface area contributed by atoms with Gasteiger partial charge in [0.25, 0.3) is 0 Å². The zero-order valence-corrected chi connectivity index (χ0v) is 8.47. The van der Waals surface area contributed by atoms with Crippen LogP contribution in [0.25, 0.3) is 0 Å². The minimum atomic E-state index is -0.829. The fourth-order valence-electron chi connectivity index (χ4n) is 0.767. The van der Waals surface area contributed by atoms with Crippen LogP contribution >= 0.6 is 0 Å². The van der Waals surface area contributed by atoms with Gasteiger partial charge < -0.3 is 15.3 Å². The van der Waals surface area contributed by atoms with E-state index in [2.05, 4.69) is 6.58 Å². The van der Waals surface area contributed by atoms with Gasteiger partial charge >= 0.3 is 5.97 Å². The summed E-state index contributed by atoms with van der Waals surface area (Å²) in [5.41, 5.74) is 0.690. The van der Waals surface area contributed by atoms with E-state index in [9.17, 15) is 4.79 Å². The van der Waals surface area contributed by atoms with Gasteiger partial charge in [-0.15, -0.1) is 6.58 Å². The number of hydrogen-bond donors (Lipinski definition) is 3. The van der Waals surface area contributed by atoms with E-state index in [4.69, 9.17) is 15.3 Å². The van der Waals surface area contributed by atoms with Crippen LogP contribution in [0.2, 0.25) is 0 Å². The lowest BCUT2D eigenvalue weighted by Gasteiger charge is -1.97. The number of aromatic hydroxyl groups is 2. The summed E-state index contributed by atoms with van der Waals surface area (Å²) < 4.78 is 0. The molecule has 0 aliphatic heterocycles. The third kappa shape index (κ3) is 5.36. The molecular weight excluding hydrogens is 196 g/mol. The van der Waals surface area contributed by atoms with Crippen molar-refractivity contribution < 1.29 is 20.1 Å². The van der Waals surface area contributed by atoms with Crippen LogP contribution < -0.4 is 0 Å². The summed E-state index contributed by atoms with van der Waals surface area (Å²) in [4.78, 5) is 9.53. The Kier molecular flexibility index (Phi) is 5.63. The maximum Gasteiger partial charge on any atom is 0.307 e. The number of carbonyl (C=O) groups is 1. The number of rotatable bonds is 2. The van der Waals surface area contributed by atoms with E-state index in [0.717, 1.165) is 0 Å². The molecule has 0 aromatic heterocycles. The van der Waals surface area contributed by atoms with Crippen molar-refractivity contribution in [3.63, 3.8) is 0 Å². The Hall–Kier alpha value is -1.97. The molecule has 0 aliphatic carbocycles. The summed E-state index contributed by atoms with van der Waals surface area (Å²) in [7, 11) is 0. The largest absolute Gasteiger partial charge is 0.504 e. The van der Waals surface area contributed by atoms with E-state index in [0.29, 0.717) is 5.56 Å². The van der Waals surface area contributed by atoms with Crippen LogP contribution in [0, 0.1) is 6.92 Å². The molecule has 0 unspecified atom stereocenters. The van der Waals surface area contributed by atoms with Crippen molar-refractivity contribution in [2.75, 3.05) is 0 Å². The third-order valence-electron chi connectivity index (χ3n) is 1.54. The molecule has 0 saturated carbocycles. The van der Waals surface area contributed by atoms with Crippen molar-refractivity contribution in [1.82, 2.24) is 0 Å². The highest BCUT2D eigenvalue weighted by atomic mass is 16.4. The molecular formula is C11H14O4. The Bertz CT molecular complexity index is 324. The lowest BCUT2D eigenvalue weighted by atomic mass is 10.2. The molecule has 4 heteroatoms. The van der Waals surface area contributed by atoms with Gasteiger partial charge in [-0.2, -0.15) is 0 Å². The first-order valence-corrected chi connectivity index (χ1v) is 4.29. The lowest BCUT2D eigenvalue weighted by Crippen LogP contribution is -1.88. The summed E-state index contributed by atoms with van der Waals surface area (Å²) in [5, 5.41) is 25.6. The van der Waals surface area contributed by atoms with E-state index in [-0.39, 0.29) is 17.9 Å². The molecule has 1 aromatic carbocycles. The fraction of sp³-hybridized carbons (Fsp3) is 0.182. The lowest BCUT2D eigenvalue weighted by molar-refractivity contribution is -0.135. The molecule has 0 spiro atoms. The maximum absolute atomic E-state index is 9.53. The number of phenolic OH excluding ortho intramolecular Hbond substituents is 2. The average molecular weight is 210 g/mol. The second-order valence-corrected chi connectivity index (χ2v) is 2.83. The SMILES string of the molecule is C=CCC(=O)O.Cc1cccc(O)c1O. The number of aliphatic carboxylic acids is 1. The molecule has 1 aromatic rings. The molecule has 0 saturated heterocycles. The van der Waals surface area contributed by atoms with Crippen molar-refractivity contribution in [2.45, 2.75) is 13.3 Å². The number of phenols is 2. The summed E-state index contributed by atoms with van der Waals surface area (Å²) in [5.74, 6) is -0.919. The van der Waals surface area contributed by atoms with E-state index >= 15 is 0 Å². The molecule has 1 rings (SSSR count). The summed E-state index contributed by atoms with van der Waals surface area (Å²) in [6.45, 7) is 4.95. The van der Waals surface area contributed by atoms with Gasteiger partial charge in [-0.05, 0) is 18.6 Å². The molecule has 0 bridgehead atoms. The highest BCUT2D eigenvalue weighted by Crippen LogP contribution is 2.26. The normalized spacial score (nSPS) is 8.60. The van der Waals surface area contributed by atoms with Crippen molar-refractivity contribution in [2.24, 2.45) is 0 Å². The van der Waals surface area contributed by atoms with Crippen molar-refractivity contribution in [3.8, 4) is 11.5 Å². The van der Waals surface area contributed by atoms with Gasteiger partial charge in [0.15, 0.2) is 11.5 Å². The van der Waals surface area contributed by atoms with Crippen molar-refractivity contribution >= 4 is 5.97 Å². The third-order valence-corrected chi connectivity index (χ3v) is 1.54. The summed E-state index contributed by atoms with van der Waals surface area (Å²) >= 11 is 0. The highest BCUT2D eigenvalue weighted by Gasteiger charge is 1.98. The second kappa shape index (κ2) is 6.48. The predicted octanol–water partition coefficient (Wildman–Crippen LogP) is 2.05. The Balaban J connectivity index is 0.000000288. The van der Waals surface area contributed by atoms with Crippen LogP contribution in [0.5, 0.6) is 11.5 Å². The smallest absolute Gasteiger partial charge is 0.307 e. The standard InChI is InChI=1S/C7H8O2.C4H6O2/c1-5-3-2-4-6(8)7(5)9;1-2-3-4(5)6/h2-4,8-9H,1H3;2H,1,3H2,(H,5,6). The second-order valence-electron chi connectivity index (χ2n) is 2.83. The minimum Gasteiger partial charge on any atom is -0.504 e. The van der Waals surface area contributed by atoms with Crippen molar-refractivity contribution in [3.05, 3.63) is 36.4 Å². The summed E-state index contributed by atoms with van der Waals surface area (Å²) in [6.07, 6.45) is 1.41. The molecule has 4 nitrogen and oxygen atoms in total. The minimum absolute atomic E-state index is 0.0301. The van der Waals surface area contributed by atoms with Gasteiger partial charge in [0.1, 0.15) is 0 Å². The van der Waals surface area contributed by atoms with Gasteiger partial charge in [-0.25, -0.2) is 0 Å². The van der Waals surface area contributed by atoms with Gasteiger partial charge in [0.2, 0.25) is 0 Å². The monoisotopic (exact) mass is 210 g/mol. The van der Waals surface area contributed by atoms with Crippen LogP contribution in [0.1, 0.15) is 12.0 Å². The zero-order valence-electron chi connectivity index (χ0n) is 8.47. The zero-order chi connectivity index (χ0) is 11.8. The number of aryl methyl sites for hydroxylation is 1. The molecule has 15 heavy (non-hydrogen) atoms. The van der Waals surface area contributed by atoms with Crippen LogP contribution in [0.3, 0.4) is 0 Å². The van der Waals surface area contributed by atoms with Gasteiger partial charge in [-0.3, -0.25) is 4.79 Å². The van der Waals surface area contributed by atoms with Crippen LogP contribution in [-0.4, -0.2) is 21.3 Å². The molecule has 0 aliphatic rings. The average Bonchev–Trinajstić information content (AvgIpc) is 2.15. The van der Waals surface area contributed by atoms with E-state index in [1.807, 2.05) is 0 Å². The van der Waals surface area contributed by atoms with E-state index < -0.39 is 5.97 Å². The molecule has 0 heterocycles. The van der Waals surface area contributed by atoms with Crippen LogP contribution in [-0.2, 0) is 4.79 Å².